The number of hydrogen-bond acceptors (Lipinski definition) is 9. The first-order valence-electron chi connectivity index (χ1n) is 20.0. The zero-order valence-corrected chi connectivity index (χ0v) is 37.1. The molecule has 0 aromatic carbocycles. The first-order chi connectivity index (χ1) is 24.2. The molecule has 0 rings (SSSR count). The van der Waals surface area contributed by atoms with E-state index in [0.29, 0.717) is 19.3 Å². The summed E-state index contributed by atoms with van der Waals surface area (Å²) in [5.74, 6) is 0. The van der Waals surface area contributed by atoms with E-state index in [1.807, 2.05) is 0 Å². The average Bonchev–Trinajstić information content (AvgIpc) is 3.04. The summed E-state index contributed by atoms with van der Waals surface area (Å²) < 4.78 is 99.0. The van der Waals surface area contributed by atoms with Crippen molar-refractivity contribution < 1.29 is 51.5 Å². The highest BCUT2D eigenvalue weighted by atomic mass is 32.3. The smallest absolute Gasteiger partial charge is 0.264 e. The highest BCUT2D eigenvalue weighted by molar-refractivity contribution is 7.81. The molecular weight excluding hydrogens is 752 g/mol. The normalized spacial score (nSPS) is 11.7. The molecule has 0 aromatic rings. The third-order valence-corrected chi connectivity index (χ3v) is 9.58. The van der Waals surface area contributed by atoms with Crippen LogP contribution in [0.5, 0.6) is 0 Å². The predicted octanol–water partition coefficient (Wildman–Crippen LogP) is 11.2. The molecule has 1 atom stereocenters. The monoisotopic (exact) mass is 832 g/mol. The van der Waals surface area contributed by atoms with Gasteiger partial charge in [-0.3, -0.25) is 13.7 Å². The van der Waals surface area contributed by atoms with E-state index in [0.717, 1.165) is 38.5 Å². The summed E-state index contributed by atoms with van der Waals surface area (Å²) in [6, 6.07) is 0. The Morgan fingerprint density at radius 2 is 0.423 bits per heavy atom. The van der Waals surface area contributed by atoms with Gasteiger partial charge in [0.1, 0.15) is 0 Å². The Balaban J connectivity index is -0.000000329. The minimum absolute atomic E-state index is 0. The third kappa shape index (κ3) is 68.1. The van der Waals surface area contributed by atoms with Crippen LogP contribution in [-0.4, -0.2) is 58.7 Å². The van der Waals surface area contributed by atoms with Gasteiger partial charge >= 0.3 is 31.2 Å². The van der Waals surface area contributed by atoms with Gasteiger partial charge < -0.3 is 0 Å². The van der Waals surface area contributed by atoms with Crippen LogP contribution in [0.15, 0.2) is 0 Å². The van der Waals surface area contributed by atoms with E-state index in [2.05, 4.69) is 33.3 Å². The first kappa shape index (κ1) is 58.7. The molecule has 0 aliphatic carbocycles. The van der Waals surface area contributed by atoms with Crippen LogP contribution in [0.1, 0.15) is 213 Å². The molecule has 0 aromatic heterocycles. The lowest BCUT2D eigenvalue weighted by Crippen LogP contribution is -2.04. The molecule has 12 nitrogen and oxygen atoms in total. The Morgan fingerprint density at radius 1 is 0.288 bits per heavy atom. The number of hydrogen-bond donors (Lipinski definition) is 3. The standard InChI is InChI=1S/3C12H26O4S.H3P/c3*1-2-3-4-5-6-7-8-9-10-11-12-16-17(13,14)15;/h3*2-12H2,1H3,(H,13,14,15);1H3. The van der Waals surface area contributed by atoms with Gasteiger partial charge in [-0.1, -0.05) is 194 Å². The van der Waals surface area contributed by atoms with Crippen LogP contribution in [0.3, 0.4) is 0 Å². The summed E-state index contributed by atoms with van der Waals surface area (Å²) in [6.45, 7) is 6.93. The molecule has 320 valence electrons. The topological polar surface area (TPSA) is 191 Å². The van der Waals surface area contributed by atoms with E-state index in [4.69, 9.17) is 13.7 Å². The summed E-state index contributed by atoms with van der Waals surface area (Å²) >= 11 is 0. The molecule has 0 saturated carbocycles. The van der Waals surface area contributed by atoms with E-state index in [1.54, 1.807) is 0 Å². The van der Waals surface area contributed by atoms with Gasteiger partial charge in [-0.25, -0.2) is 12.5 Å². The van der Waals surface area contributed by atoms with Gasteiger partial charge in [0, 0.05) is 0 Å². The van der Waals surface area contributed by atoms with Crippen LogP contribution in [0.25, 0.3) is 0 Å². The van der Waals surface area contributed by atoms with E-state index < -0.39 is 31.2 Å². The summed E-state index contributed by atoms with van der Waals surface area (Å²) in [5.41, 5.74) is 0. The van der Waals surface area contributed by atoms with Crippen LogP contribution in [-0.2, 0) is 43.7 Å². The van der Waals surface area contributed by atoms with Crippen molar-refractivity contribution in [3.8, 4) is 0 Å². The maximum atomic E-state index is 10.2. The van der Waals surface area contributed by atoms with Crippen LogP contribution in [0, 0.1) is 0 Å². The van der Waals surface area contributed by atoms with Crippen LogP contribution in [0.2, 0.25) is 0 Å². The van der Waals surface area contributed by atoms with Crippen molar-refractivity contribution in [1.82, 2.24) is 0 Å². The maximum Gasteiger partial charge on any atom is 0.397 e. The van der Waals surface area contributed by atoms with Crippen molar-refractivity contribution in [2.75, 3.05) is 19.8 Å². The molecule has 1 unspecified atom stereocenters. The fraction of sp³-hybridized carbons (Fsp3) is 1.00. The lowest BCUT2D eigenvalue weighted by Gasteiger charge is -2.02. The largest absolute Gasteiger partial charge is 0.397 e. The Hall–Kier alpha value is 0.0400. The number of rotatable bonds is 36. The maximum absolute atomic E-state index is 10.2. The van der Waals surface area contributed by atoms with E-state index in [9.17, 15) is 25.3 Å². The quantitative estimate of drug-likeness (QED) is 0.0308. The average molecular weight is 833 g/mol. The van der Waals surface area contributed by atoms with Gasteiger partial charge in [0.15, 0.2) is 0 Å². The molecule has 16 heteroatoms. The highest BCUT2D eigenvalue weighted by Gasteiger charge is 2.04. The molecule has 0 saturated heterocycles. The lowest BCUT2D eigenvalue weighted by atomic mass is 10.1. The van der Waals surface area contributed by atoms with Crippen molar-refractivity contribution in [2.24, 2.45) is 0 Å². The summed E-state index contributed by atoms with van der Waals surface area (Å²) in [5, 5.41) is 0. The summed E-state index contributed by atoms with van der Waals surface area (Å²) in [7, 11) is -12.7. The lowest BCUT2D eigenvalue weighted by molar-refractivity contribution is 0.260. The minimum Gasteiger partial charge on any atom is -0.264 e. The SMILES string of the molecule is CCCCCCCCCCCCOS(=O)(=O)O.CCCCCCCCCCCCOS(=O)(=O)O.CCCCCCCCCCCCOS(=O)(=O)O.P. The molecule has 0 aliphatic heterocycles. The van der Waals surface area contributed by atoms with Crippen molar-refractivity contribution in [1.29, 1.82) is 0 Å². The van der Waals surface area contributed by atoms with Gasteiger partial charge in [-0.2, -0.15) is 35.2 Å². The van der Waals surface area contributed by atoms with Crippen molar-refractivity contribution >= 4 is 41.1 Å². The van der Waals surface area contributed by atoms with Crippen LogP contribution < -0.4 is 0 Å². The Morgan fingerprint density at radius 3 is 0.558 bits per heavy atom. The second kappa shape index (κ2) is 43.8. The molecule has 0 bridgehead atoms. The zero-order valence-electron chi connectivity index (χ0n) is 33.3. The molecule has 0 spiro atoms. The number of unbranched alkanes of at least 4 members (excludes halogenated alkanes) is 27. The second-order valence-electron chi connectivity index (χ2n) is 13.3. The Kier molecular flexibility index (Phi) is 49.4. The first-order valence-corrected chi connectivity index (χ1v) is 24.1. The molecule has 3 N–H and O–H groups in total. The van der Waals surface area contributed by atoms with Gasteiger partial charge in [0.2, 0.25) is 0 Å². The molecule has 0 fully saturated rings. The van der Waals surface area contributed by atoms with Crippen molar-refractivity contribution in [2.45, 2.75) is 213 Å². The zero-order chi connectivity index (χ0) is 39.0. The fourth-order valence-electron chi connectivity index (χ4n) is 5.26. The van der Waals surface area contributed by atoms with Gasteiger partial charge in [-0.05, 0) is 19.3 Å². The summed E-state index contributed by atoms with van der Waals surface area (Å²) in [6.07, 6.45) is 35.6. The highest BCUT2D eigenvalue weighted by Crippen LogP contribution is 2.13. The molecular formula is C36H81O12PS3. The van der Waals surface area contributed by atoms with E-state index in [1.165, 1.54) is 135 Å². The third-order valence-electron chi connectivity index (χ3n) is 8.19. The van der Waals surface area contributed by atoms with Crippen LogP contribution >= 0.6 is 9.90 Å². The molecule has 0 amide bonds. The predicted molar refractivity (Wildman–Crippen MR) is 219 cm³/mol. The fourth-order valence-corrected chi connectivity index (χ4v) is 6.25. The van der Waals surface area contributed by atoms with E-state index in [-0.39, 0.29) is 29.7 Å². The van der Waals surface area contributed by atoms with E-state index >= 15 is 0 Å². The second-order valence-corrected chi connectivity index (χ2v) is 16.6. The van der Waals surface area contributed by atoms with Gasteiger partial charge in [-0.15, -0.1) is 0 Å². The van der Waals surface area contributed by atoms with Crippen molar-refractivity contribution in [3.05, 3.63) is 0 Å². The molecule has 0 aliphatic rings. The molecule has 0 heterocycles. The molecule has 52 heavy (non-hydrogen) atoms. The van der Waals surface area contributed by atoms with Crippen molar-refractivity contribution in [3.63, 3.8) is 0 Å². The summed E-state index contributed by atoms with van der Waals surface area (Å²) in [4.78, 5) is 0. The van der Waals surface area contributed by atoms with Crippen LogP contribution in [0.4, 0.5) is 0 Å². The Labute approximate surface area is 324 Å². The van der Waals surface area contributed by atoms with Gasteiger partial charge in [0.05, 0.1) is 19.8 Å². The Bertz CT molecular complexity index is 883. The molecule has 0 radical (unpaired) electrons. The van der Waals surface area contributed by atoms with Gasteiger partial charge in [0.25, 0.3) is 0 Å². The minimum atomic E-state index is -4.23.